The zero-order chi connectivity index (χ0) is 19.4. The second-order valence-corrected chi connectivity index (χ2v) is 8.17. The molecule has 1 fully saturated rings. The summed E-state index contributed by atoms with van der Waals surface area (Å²) in [5.41, 5.74) is 1.29. The highest BCUT2D eigenvalue weighted by atomic mass is 32.1. The van der Waals surface area contributed by atoms with Crippen molar-refractivity contribution in [3.8, 4) is 10.7 Å². The van der Waals surface area contributed by atoms with E-state index >= 15 is 0 Å². The zero-order valence-corrected chi connectivity index (χ0v) is 16.7. The fraction of sp³-hybridized carbons (Fsp3) is 0.500. The number of carbonyl (C=O) groups is 2. The van der Waals surface area contributed by atoms with E-state index in [1.165, 1.54) is 17.8 Å². The highest BCUT2D eigenvalue weighted by Crippen LogP contribution is 2.29. The van der Waals surface area contributed by atoms with E-state index in [-0.39, 0.29) is 18.6 Å². The van der Waals surface area contributed by atoms with Gasteiger partial charge in [-0.05, 0) is 37.3 Å². The molecule has 7 heteroatoms. The van der Waals surface area contributed by atoms with E-state index in [1.807, 2.05) is 18.2 Å². The largest absolute Gasteiger partial charge is 0.451 e. The number of aryl methyl sites for hydroxylation is 1. The first kappa shape index (κ1) is 19.5. The molecule has 144 valence electrons. The maximum absolute atomic E-state index is 12.4. The molecule has 1 saturated carbocycles. The fourth-order valence-corrected chi connectivity index (χ4v) is 4.35. The Kier molecular flexibility index (Phi) is 6.21. The second-order valence-electron chi connectivity index (χ2n) is 7.17. The van der Waals surface area contributed by atoms with Gasteiger partial charge in [0.1, 0.15) is 9.88 Å². The number of ether oxygens (including phenoxy) is 1. The predicted molar refractivity (Wildman–Crippen MR) is 104 cm³/mol. The van der Waals surface area contributed by atoms with Gasteiger partial charge >= 0.3 is 5.97 Å². The van der Waals surface area contributed by atoms with Crippen molar-refractivity contribution in [3.05, 3.63) is 35.0 Å². The first-order valence-electron chi connectivity index (χ1n) is 9.31. The lowest BCUT2D eigenvalue weighted by molar-refractivity contribution is -0.125. The molecule has 2 aromatic heterocycles. The van der Waals surface area contributed by atoms with E-state index in [2.05, 4.69) is 29.1 Å². The number of hydrogen-bond acceptors (Lipinski definition) is 6. The molecule has 6 nitrogen and oxygen atoms in total. The summed E-state index contributed by atoms with van der Waals surface area (Å²) in [6, 6.07) is 5.69. The Hall–Kier alpha value is -2.28. The molecule has 1 aliphatic rings. The summed E-state index contributed by atoms with van der Waals surface area (Å²) in [4.78, 5) is 33.6. The van der Waals surface area contributed by atoms with Gasteiger partial charge in [-0.1, -0.05) is 32.8 Å². The van der Waals surface area contributed by atoms with Gasteiger partial charge in [0.15, 0.2) is 6.61 Å². The van der Waals surface area contributed by atoms with Gasteiger partial charge in [-0.3, -0.25) is 9.78 Å². The third kappa shape index (κ3) is 4.71. The molecule has 27 heavy (non-hydrogen) atoms. The Bertz CT molecular complexity index is 806. The molecule has 0 radical (unpaired) electrons. The van der Waals surface area contributed by atoms with Crippen LogP contribution in [-0.2, 0) is 9.53 Å². The Morgan fingerprint density at radius 1 is 1.30 bits per heavy atom. The Balaban J connectivity index is 1.56. The standard InChI is InChI=1S/C20H25N3O3S/c1-12-7-6-9-15(13(12)2)23-17(24)11-26-20(25)18-14(3)22-19(27-18)16-8-4-5-10-21-16/h4-5,8,10,12-13,15H,6-7,9,11H2,1-3H3,(H,23,24)/t12-,13+,15+/m1/s1. The van der Waals surface area contributed by atoms with Crippen LogP contribution in [0, 0.1) is 18.8 Å². The van der Waals surface area contributed by atoms with Gasteiger partial charge in [0.05, 0.1) is 11.4 Å². The molecule has 2 aromatic rings. The third-order valence-corrected chi connectivity index (χ3v) is 6.41. The van der Waals surface area contributed by atoms with Gasteiger partial charge in [-0.15, -0.1) is 11.3 Å². The second kappa shape index (κ2) is 8.61. The van der Waals surface area contributed by atoms with Crippen molar-refractivity contribution in [3.63, 3.8) is 0 Å². The smallest absolute Gasteiger partial charge is 0.350 e. The van der Waals surface area contributed by atoms with Gasteiger partial charge < -0.3 is 10.1 Å². The summed E-state index contributed by atoms with van der Waals surface area (Å²) in [7, 11) is 0. The van der Waals surface area contributed by atoms with Crippen LogP contribution in [0.5, 0.6) is 0 Å². The molecule has 2 heterocycles. The van der Waals surface area contributed by atoms with Crippen molar-refractivity contribution >= 4 is 23.2 Å². The van der Waals surface area contributed by atoms with Crippen LogP contribution in [0.4, 0.5) is 0 Å². The number of pyridine rings is 1. The molecule has 3 atom stereocenters. The highest BCUT2D eigenvalue weighted by Gasteiger charge is 2.28. The van der Waals surface area contributed by atoms with Crippen molar-refractivity contribution in [1.29, 1.82) is 0 Å². The summed E-state index contributed by atoms with van der Waals surface area (Å²) in [6.07, 6.45) is 4.98. The predicted octanol–water partition coefficient (Wildman–Crippen LogP) is 3.61. The molecule has 0 spiro atoms. The number of carbonyl (C=O) groups excluding carboxylic acids is 2. The van der Waals surface area contributed by atoms with Crippen molar-refractivity contribution in [2.75, 3.05) is 6.61 Å². The third-order valence-electron chi connectivity index (χ3n) is 5.25. The Morgan fingerprint density at radius 3 is 2.85 bits per heavy atom. The molecular weight excluding hydrogens is 362 g/mol. The van der Waals surface area contributed by atoms with E-state index in [9.17, 15) is 9.59 Å². The van der Waals surface area contributed by atoms with E-state index in [0.717, 1.165) is 12.8 Å². The van der Waals surface area contributed by atoms with Crippen molar-refractivity contribution in [1.82, 2.24) is 15.3 Å². The SMILES string of the molecule is Cc1nc(-c2ccccn2)sc1C(=O)OCC(=O)N[C@H]1CCC[C@@H](C)[C@@H]1C. The minimum absolute atomic E-state index is 0.154. The number of esters is 1. The summed E-state index contributed by atoms with van der Waals surface area (Å²) < 4.78 is 5.22. The summed E-state index contributed by atoms with van der Waals surface area (Å²) >= 11 is 1.23. The molecule has 0 saturated heterocycles. The van der Waals surface area contributed by atoms with Gasteiger partial charge in [0.25, 0.3) is 5.91 Å². The molecule has 0 aromatic carbocycles. The quantitative estimate of drug-likeness (QED) is 0.793. The van der Waals surface area contributed by atoms with Crippen LogP contribution in [0.1, 0.15) is 48.5 Å². The summed E-state index contributed by atoms with van der Waals surface area (Å²) in [6.45, 7) is 5.87. The van der Waals surface area contributed by atoms with E-state index in [1.54, 1.807) is 13.1 Å². The number of aromatic nitrogens is 2. The molecule has 1 amide bonds. The number of amides is 1. The monoisotopic (exact) mass is 387 g/mol. The first-order chi connectivity index (χ1) is 13.0. The normalized spacial score (nSPS) is 22.3. The van der Waals surface area contributed by atoms with Crippen LogP contribution in [0.2, 0.25) is 0 Å². The van der Waals surface area contributed by atoms with Gasteiger partial charge in [-0.2, -0.15) is 0 Å². The average molecular weight is 388 g/mol. The van der Waals surface area contributed by atoms with E-state index < -0.39 is 5.97 Å². The number of hydrogen-bond donors (Lipinski definition) is 1. The van der Waals surface area contributed by atoms with Crippen LogP contribution in [0.15, 0.2) is 24.4 Å². The van der Waals surface area contributed by atoms with Crippen LogP contribution in [0.25, 0.3) is 10.7 Å². The lowest BCUT2D eigenvalue weighted by atomic mass is 9.78. The van der Waals surface area contributed by atoms with Crippen LogP contribution in [0.3, 0.4) is 0 Å². The van der Waals surface area contributed by atoms with Crippen LogP contribution in [-0.4, -0.2) is 34.5 Å². The lowest BCUT2D eigenvalue weighted by Gasteiger charge is -2.34. The minimum Gasteiger partial charge on any atom is -0.451 e. The molecule has 1 aliphatic carbocycles. The van der Waals surface area contributed by atoms with Crippen molar-refractivity contribution in [2.24, 2.45) is 11.8 Å². The van der Waals surface area contributed by atoms with Crippen molar-refractivity contribution < 1.29 is 14.3 Å². The number of nitrogens with zero attached hydrogens (tertiary/aromatic N) is 2. The van der Waals surface area contributed by atoms with E-state index in [4.69, 9.17) is 4.74 Å². The van der Waals surface area contributed by atoms with Crippen molar-refractivity contribution in [2.45, 2.75) is 46.1 Å². The maximum atomic E-state index is 12.4. The number of rotatable bonds is 5. The zero-order valence-electron chi connectivity index (χ0n) is 15.9. The van der Waals surface area contributed by atoms with Crippen LogP contribution < -0.4 is 5.32 Å². The van der Waals surface area contributed by atoms with E-state index in [0.29, 0.717) is 33.1 Å². The average Bonchev–Trinajstić information content (AvgIpc) is 3.06. The topological polar surface area (TPSA) is 81.2 Å². The van der Waals surface area contributed by atoms with Gasteiger partial charge in [0, 0.05) is 12.2 Å². The number of thiazole rings is 1. The highest BCUT2D eigenvalue weighted by molar-refractivity contribution is 7.17. The number of nitrogens with one attached hydrogen (secondary N) is 1. The molecule has 1 N–H and O–H groups in total. The summed E-state index contributed by atoms with van der Waals surface area (Å²) in [5, 5.41) is 3.67. The lowest BCUT2D eigenvalue weighted by Crippen LogP contribution is -2.45. The summed E-state index contributed by atoms with van der Waals surface area (Å²) in [5.74, 6) is 0.258. The molecule has 0 aliphatic heterocycles. The molecule has 0 unspecified atom stereocenters. The molecular formula is C20H25N3O3S. The van der Waals surface area contributed by atoms with Gasteiger partial charge in [0.2, 0.25) is 0 Å². The molecule has 0 bridgehead atoms. The molecule has 3 rings (SSSR count). The first-order valence-corrected chi connectivity index (χ1v) is 10.1. The Labute approximate surface area is 163 Å². The maximum Gasteiger partial charge on any atom is 0.350 e. The Morgan fingerprint density at radius 2 is 2.11 bits per heavy atom. The minimum atomic E-state index is -0.521. The fourth-order valence-electron chi connectivity index (χ4n) is 3.42. The van der Waals surface area contributed by atoms with Gasteiger partial charge in [-0.25, -0.2) is 9.78 Å². The van der Waals surface area contributed by atoms with Crippen LogP contribution >= 0.6 is 11.3 Å².